The van der Waals surface area contributed by atoms with E-state index in [0.717, 1.165) is 11.1 Å². The molecule has 1 N–H and O–H groups in total. The molecule has 6 heteroatoms. The Hall–Kier alpha value is -3.15. The van der Waals surface area contributed by atoms with Crippen molar-refractivity contribution in [1.82, 2.24) is 9.55 Å². The highest BCUT2D eigenvalue weighted by molar-refractivity contribution is 5.58. The van der Waals surface area contributed by atoms with Gasteiger partial charge in [0.25, 0.3) is 5.69 Å². The highest BCUT2D eigenvalue weighted by atomic mass is 16.6. The molecule has 0 atom stereocenters. The molecule has 3 rings (SSSR count). The first-order valence-electron chi connectivity index (χ1n) is 6.68. The Morgan fingerprint density at radius 3 is 2.55 bits per heavy atom. The van der Waals surface area contributed by atoms with Crippen LogP contribution in [-0.4, -0.2) is 19.6 Å². The van der Waals surface area contributed by atoms with Crippen LogP contribution in [0.1, 0.15) is 5.56 Å². The van der Waals surface area contributed by atoms with Crippen LogP contribution in [0, 0.1) is 10.1 Å². The fraction of sp³-hybridized carbons (Fsp3) is 0.0625. The van der Waals surface area contributed by atoms with E-state index >= 15 is 0 Å². The Labute approximate surface area is 126 Å². The van der Waals surface area contributed by atoms with E-state index < -0.39 is 4.92 Å². The van der Waals surface area contributed by atoms with Crippen molar-refractivity contribution in [3.05, 3.63) is 76.6 Å². The molecule has 2 aromatic carbocycles. The van der Waals surface area contributed by atoms with Gasteiger partial charge in [0.1, 0.15) is 11.6 Å². The molecule has 0 saturated carbocycles. The lowest BCUT2D eigenvalue weighted by molar-refractivity contribution is -0.384. The van der Waals surface area contributed by atoms with Gasteiger partial charge in [0.15, 0.2) is 0 Å². The van der Waals surface area contributed by atoms with Gasteiger partial charge in [0.2, 0.25) is 0 Å². The van der Waals surface area contributed by atoms with E-state index in [-0.39, 0.29) is 11.4 Å². The van der Waals surface area contributed by atoms with Crippen molar-refractivity contribution in [3.63, 3.8) is 0 Å². The van der Waals surface area contributed by atoms with Gasteiger partial charge in [-0.15, -0.1) is 0 Å². The number of aromatic hydroxyl groups is 1. The van der Waals surface area contributed by atoms with E-state index in [1.165, 1.54) is 12.1 Å². The first kappa shape index (κ1) is 13.8. The number of hydrogen-bond donors (Lipinski definition) is 1. The fourth-order valence-electron chi connectivity index (χ4n) is 2.26. The average molecular weight is 295 g/mol. The fourth-order valence-corrected chi connectivity index (χ4v) is 2.26. The molecular weight excluding hydrogens is 282 g/mol. The zero-order chi connectivity index (χ0) is 15.5. The molecule has 0 spiro atoms. The molecule has 3 aromatic rings. The van der Waals surface area contributed by atoms with Crippen molar-refractivity contribution in [2.45, 2.75) is 6.54 Å². The lowest BCUT2D eigenvalue weighted by atomic mass is 10.1. The number of nitro benzene ring substituents is 1. The highest BCUT2D eigenvalue weighted by Crippen LogP contribution is 2.23. The SMILES string of the molecule is O=[N+]([O-])c1ccc(-c2nccn2Cc2ccccc2O)cc1. The van der Waals surface area contributed by atoms with E-state index in [1.54, 1.807) is 30.5 Å². The third-order valence-electron chi connectivity index (χ3n) is 3.38. The number of nitrogens with zero attached hydrogens (tertiary/aromatic N) is 3. The molecule has 0 saturated heterocycles. The molecule has 0 bridgehead atoms. The molecule has 0 aliphatic heterocycles. The van der Waals surface area contributed by atoms with Gasteiger partial charge in [-0.25, -0.2) is 4.98 Å². The summed E-state index contributed by atoms with van der Waals surface area (Å²) < 4.78 is 1.89. The van der Waals surface area contributed by atoms with Crippen molar-refractivity contribution in [2.24, 2.45) is 0 Å². The summed E-state index contributed by atoms with van der Waals surface area (Å²) in [7, 11) is 0. The van der Waals surface area contributed by atoms with Gasteiger partial charge in [0, 0.05) is 35.7 Å². The zero-order valence-electron chi connectivity index (χ0n) is 11.6. The molecule has 0 radical (unpaired) electrons. The minimum atomic E-state index is -0.432. The maximum Gasteiger partial charge on any atom is 0.269 e. The summed E-state index contributed by atoms with van der Waals surface area (Å²) >= 11 is 0. The molecule has 6 nitrogen and oxygen atoms in total. The maximum atomic E-state index is 10.7. The van der Waals surface area contributed by atoms with Crippen molar-refractivity contribution in [1.29, 1.82) is 0 Å². The molecule has 0 aliphatic carbocycles. The Kier molecular flexibility index (Phi) is 3.57. The third-order valence-corrected chi connectivity index (χ3v) is 3.38. The summed E-state index contributed by atoms with van der Waals surface area (Å²) in [5.41, 5.74) is 1.61. The van der Waals surface area contributed by atoms with Crippen LogP contribution in [-0.2, 0) is 6.54 Å². The summed E-state index contributed by atoms with van der Waals surface area (Å²) in [6.07, 6.45) is 3.47. The lowest BCUT2D eigenvalue weighted by Gasteiger charge is -2.09. The lowest BCUT2D eigenvalue weighted by Crippen LogP contribution is -2.01. The van der Waals surface area contributed by atoms with Gasteiger partial charge in [-0.2, -0.15) is 0 Å². The number of para-hydroxylation sites is 1. The minimum Gasteiger partial charge on any atom is -0.508 e. The van der Waals surface area contributed by atoms with Crippen LogP contribution < -0.4 is 0 Å². The Morgan fingerprint density at radius 1 is 1.14 bits per heavy atom. The molecule has 0 unspecified atom stereocenters. The number of phenolic OH excluding ortho intramolecular Hbond substituents is 1. The Balaban J connectivity index is 1.92. The highest BCUT2D eigenvalue weighted by Gasteiger charge is 2.10. The number of hydrogen-bond acceptors (Lipinski definition) is 4. The number of rotatable bonds is 4. The van der Waals surface area contributed by atoms with Crippen molar-refractivity contribution < 1.29 is 10.0 Å². The predicted molar refractivity (Wildman–Crippen MR) is 81.5 cm³/mol. The van der Waals surface area contributed by atoms with Crippen LogP contribution in [0.2, 0.25) is 0 Å². The van der Waals surface area contributed by atoms with E-state index in [1.807, 2.05) is 22.9 Å². The van der Waals surface area contributed by atoms with Crippen LogP contribution >= 0.6 is 0 Å². The van der Waals surface area contributed by atoms with Crippen LogP contribution in [0.15, 0.2) is 60.9 Å². The summed E-state index contributed by atoms with van der Waals surface area (Å²) in [4.78, 5) is 14.6. The second-order valence-electron chi connectivity index (χ2n) is 4.81. The molecule has 1 aromatic heterocycles. The topological polar surface area (TPSA) is 81.2 Å². The molecule has 1 heterocycles. The molecule has 0 fully saturated rings. The van der Waals surface area contributed by atoms with Crippen molar-refractivity contribution in [2.75, 3.05) is 0 Å². The van der Waals surface area contributed by atoms with Gasteiger partial charge in [-0.05, 0) is 18.2 Å². The first-order chi connectivity index (χ1) is 10.6. The quantitative estimate of drug-likeness (QED) is 0.592. The normalized spacial score (nSPS) is 10.5. The number of nitro groups is 1. The molecule has 110 valence electrons. The number of phenols is 1. The van der Waals surface area contributed by atoms with Crippen LogP contribution in [0.25, 0.3) is 11.4 Å². The predicted octanol–water partition coefficient (Wildman–Crippen LogP) is 3.21. The third kappa shape index (κ3) is 2.67. The zero-order valence-corrected chi connectivity index (χ0v) is 11.6. The van der Waals surface area contributed by atoms with Crippen molar-refractivity contribution in [3.8, 4) is 17.1 Å². The second-order valence-corrected chi connectivity index (χ2v) is 4.81. The van der Waals surface area contributed by atoms with Crippen LogP contribution in [0.3, 0.4) is 0 Å². The summed E-state index contributed by atoms with van der Waals surface area (Å²) in [6, 6.07) is 13.3. The smallest absolute Gasteiger partial charge is 0.269 e. The average Bonchev–Trinajstić information content (AvgIpc) is 2.98. The molecule has 0 amide bonds. The maximum absolute atomic E-state index is 10.7. The van der Waals surface area contributed by atoms with E-state index in [0.29, 0.717) is 12.4 Å². The van der Waals surface area contributed by atoms with Gasteiger partial charge < -0.3 is 9.67 Å². The van der Waals surface area contributed by atoms with Gasteiger partial charge in [0.05, 0.1) is 11.5 Å². The summed E-state index contributed by atoms with van der Waals surface area (Å²) in [6.45, 7) is 0.471. The van der Waals surface area contributed by atoms with Gasteiger partial charge in [-0.1, -0.05) is 18.2 Å². The van der Waals surface area contributed by atoms with Crippen molar-refractivity contribution >= 4 is 5.69 Å². The van der Waals surface area contributed by atoms with Crippen LogP contribution in [0.4, 0.5) is 5.69 Å². The number of aromatic nitrogens is 2. The standard InChI is InChI=1S/C16H13N3O3/c20-15-4-2-1-3-13(15)11-18-10-9-17-16(18)12-5-7-14(8-6-12)19(21)22/h1-10,20H,11H2. The molecular formula is C16H13N3O3. The van der Waals surface area contributed by atoms with E-state index in [4.69, 9.17) is 0 Å². The minimum absolute atomic E-state index is 0.0440. The Morgan fingerprint density at radius 2 is 1.86 bits per heavy atom. The second kappa shape index (κ2) is 5.69. The summed E-state index contributed by atoms with van der Waals surface area (Å²) in [5, 5.41) is 20.6. The number of imidazole rings is 1. The van der Waals surface area contributed by atoms with E-state index in [9.17, 15) is 15.2 Å². The van der Waals surface area contributed by atoms with Gasteiger partial charge >= 0.3 is 0 Å². The summed E-state index contributed by atoms with van der Waals surface area (Å²) in [5.74, 6) is 0.920. The Bertz CT molecular complexity index is 810. The van der Waals surface area contributed by atoms with Crippen LogP contribution in [0.5, 0.6) is 5.75 Å². The first-order valence-corrected chi connectivity index (χ1v) is 6.68. The monoisotopic (exact) mass is 295 g/mol. The number of non-ortho nitro benzene ring substituents is 1. The van der Waals surface area contributed by atoms with E-state index in [2.05, 4.69) is 4.98 Å². The number of benzene rings is 2. The molecule has 22 heavy (non-hydrogen) atoms. The molecule has 0 aliphatic rings. The van der Waals surface area contributed by atoms with Gasteiger partial charge in [-0.3, -0.25) is 10.1 Å². The largest absolute Gasteiger partial charge is 0.508 e.